The highest BCUT2D eigenvalue weighted by Gasteiger charge is 2.28. The molecule has 0 fully saturated rings. The van der Waals surface area contributed by atoms with Gasteiger partial charge in [-0.2, -0.15) is 4.98 Å². The monoisotopic (exact) mass is 369 g/mol. The molecule has 0 saturated carbocycles. The van der Waals surface area contributed by atoms with Crippen LogP contribution < -0.4 is 20.9 Å². The second kappa shape index (κ2) is 6.29. The van der Waals surface area contributed by atoms with Gasteiger partial charge >= 0.3 is 5.69 Å². The fourth-order valence-corrected chi connectivity index (χ4v) is 3.40. The van der Waals surface area contributed by atoms with Gasteiger partial charge in [-0.15, -0.1) is 0 Å². The Labute approximate surface area is 156 Å². The third-order valence-electron chi connectivity index (χ3n) is 4.83. The van der Waals surface area contributed by atoms with Crippen molar-refractivity contribution >= 4 is 22.8 Å². The topological polar surface area (TPSA) is 74.3 Å². The smallest absolute Gasteiger partial charge is 0.332 e. The van der Waals surface area contributed by atoms with Crippen molar-refractivity contribution < 1.29 is 4.74 Å². The van der Waals surface area contributed by atoms with Gasteiger partial charge in [0.15, 0.2) is 11.2 Å². The van der Waals surface area contributed by atoms with E-state index in [-0.39, 0.29) is 11.2 Å². The maximum absolute atomic E-state index is 12.6. The lowest BCUT2D eigenvalue weighted by Crippen LogP contribution is -2.37. The second-order valence-corrected chi connectivity index (χ2v) is 7.30. The normalized spacial score (nSPS) is 13.6. The molecule has 0 spiro atoms. The van der Waals surface area contributed by atoms with Crippen molar-refractivity contribution in [2.45, 2.75) is 20.4 Å². The van der Waals surface area contributed by atoms with Gasteiger partial charge in [-0.25, -0.2) is 4.79 Å². The highest BCUT2D eigenvalue weighted by atomic mass is 16.5. The fraction of sp³-hybridized carbons (Fsp3) is 0.421. The summed E-state index contributed by atoms with van der Waals surface area (Å²) in [6.45, 7) is 6.21. The van der Waals surface area contributed by atoms with Crippen molar-refractivity contribution in [2.75, 3.05) is 18.1 Å². The number of hydrogen-bond acceptors (Lipinski definition) is 5. The van der Waals surface area contributed by atoms with Gasteiger partial charge in [0.2, 0.25) is 5.95 Å². The number of hydrogen-bond donors (Lipinski definition) is 0. The van der Waals surface area contributed by atoms with Crippen molar-refractivity contribution in [3.8, 4) is 5.75 Å². The van der Waals surface area contributed by atoms with E-state index in [1.165, 1.54) is 11.6 Å². The lowest BCUT2D eigenvalue weighted by atomic mass is 10.2. The minimum absolute atomic E-state index is 0.317. The first-order chi connectivity index (χ1) is 12.9. The molecule has 0 unspecified atom stereocenters. The molecule has 8 nitrogen and oxygen atoms in total. The van der Waals surface area contributed by atoms with E-state index in [4.69, 9.17) is 4.74 Å². The number of ether oxygens (including phenoxy) is 1. The van der Waals surface area contributed by atoms with E-state index < -0.39 is 0 Å². The van der Waals surface area contributed by atoms with Crippen LogP contribution in [0.4, 0.5) is 11.6 Å². The summed E-state index contributed by atoms with van der Waals surface area (Å²) in [5, 5.41) is 0. The molecule has 0 saturated heterocycles. The molecule has 142 valence electrons. The Bertz CT molecular complexity index is 1140. The number of rotatable bonds is 4. The van der Waals surface area contributed by atoms with Crippen LogP contribution in [0.5, 0.6) is 5.75 Å². The fourth-order valence-electron chi connectivity index (χ4n) is 3.40. The van der Waals surface area contributed by atoms with Gasteiger partial charge in [0.05, 0.1) is 6.61 Å². The van der Waals surface area contributed by atoms with E-state index in [0.29, 0.717) is 42.7 Å². The SMILES string of the molecule is CC(C)COc1cccc(N2CCn3c2nc2c3c(=O)n(C)c(=O)n2C)c1. The Morgan fingerprint density at radius 3 is 2.67 bits per heavy atom. The average Bonchev–Trinajstić information content (AvgIpc) is 3.22. The van der Waals surface area contributed by atoms with E-state index >= 15 is 0 Å². The number of aryl methyl sites for hydroxylation is 1. The molecule has 0 radical (unpaired) electrons. The highest BCUT2D eigenvalue weighted by Crippen LogP contribution is 2.33. The summed E-state index contributed by atoms with van der Waals surface area (Å²) in [6, 6.07) is 7.86. The molecule has 0 aliphatic carbocycles. The van der Waals surface area contributed by atoms with E-state index in [2.05, 4.69) is 18.8 Å². The number of imidazole rings is 1. The number of fused-ring (bicyclic) bond motifs is 3. The van der Waals surface area contributed by atoms with Crippen molar-refractivity contribution in [2.24, 2.45) is 20.0 Å². The lowest BCUT2D eigenvalue weighted by Gasteiger charge is -2.17. The molecule has 1 aliphatic rings. The third kappa shape index (κ3) is 2.72. The van der Waals surface area contributed by atoms with Gasteiger partial charge in [0.1, 0.15) is 5.75 Å². The first kappa shape index (κ1) is 17.4. The molecule has 0 amide bonds. The molecular formula is C19H23N5O3. The van der Waals surface area contributed by atoms with Crippen molar-refractivity contribution in [3.05, 3.63) is 45.1 Å². The first-order valence-electron chi connectivity index (χ1n) is 9.05. The zero-order valence-corrected chi connectivity index (χ0v) is 16.0. The van der Waals surface area contributed by atoms with Gasteiger partial charge < -0.3 is 14.2 Å². The van der Waals surface area contributed by atoms with E-state index in [9.17, 15) is 9.59 Å². The molecule has 27 heavy (non-hydrogen) atoms. The quantitative estimate of drug-likeness (QED) is 0.699. The molecular weight excluding hydrogens is 346 g/mol. The molecule has 0 bridgehead atoms. The first-order valence-corrected chi connectivity index (χ1v) is 9.05. The van der Waals surface area contributed by atoms with Crippen LogP contribution in [-0.4, -0.2) is 31.8 Å². The Morgan fingerprint density at radius 2 is 1.93 bits per heavy atom. The molecule has 3 heterocycles. The van der Waals surface area contributed by atoms with Gasteiger partial charge in [-0.1, -0.05) is 19.9 Å². The van der Waals surface area contributed by atoms with Gasteiger partial charge in [-0.05, 0) is 18.1 Å². The summed E-state index contributed by atoms with van der Waals surface area (Å²) < 4.78 is 10.3. The van der Waals surface area contributed by atoms with Crippen molar-refractivity contribution in [1.29, 1.82) is 0 Å². The minimum atomic E-state index is -0.375. The number of benzene rings is 1. The number of aromatic nitrogens is 4. The zero-order valence-electron chi connectivity index (χ0n) is 16.0. The van der Waals surface area contributed by atoms with Crippen LogP contribution in [0, 0.1) is 5.92 Å². The Hall–Kier alpha value is -3.03. The molecule has 1 aromatic carbocycles. The molecule has 1 aliphatic heterocycles. The molecule has 0 N–H and O–H groups in total. The molecule has 3 aromatic rings. The van der Waals surface area contributed by atoms with E-state index in [0.717, 1.165) is 16.0 Å². The van der Waals surface area contributed by atoms with Crippen LogP contribution in [0.1, 0.15) is 13.8 Å². The number of anilines is 2. The van der Waals surface area contributed by atoms with Crippen molar-refractivity contribution in [1.82, 2.24) is 18.7 Å². The standard InChI is InChI=1S/C19H23N5O3/c1-12(2)11-27-14-7-5-6-13(10-14)23-8-9-24-15-16(20-18(23)24)21(3)19(26)22(4)17(15)25/h5-7,10,12H,8-9,11H2,1-4H3. The van der Waals surface area contributed by atoms with Crippen LogP contribution in [0.3, 0.4) is 0 Å². The van der Waals surface area contributed by atoms with Gasteiger partial charge in [0.25, 0.3) is 5.56 Å². The average molecular weight is 369 g/mol. The predicted molar refractivity (Wildman–Crippen MR) is 104 cm³/mol. The Morgan fingerprint density at radius 1 is 1.15 bits per heavy atom. The zero-order chi connectivity index (χ0) is 19.3. The lowest BCUT2D eigenvalue weighted by molar-refractivity contribution is 0.271. The summed E-state index contributed by atoms with van der Waals surface area (Å²) in [7, 11) is 3.13. The van der Waals surface area contributed by atoms with Crippen LogP contribution >= 0.6 is 0 Å². The summed E-state index contributed by atoms with van der Waals surface area (Å²) in [4.78, 5) is 31.5. The van der Waals surface area contributed by atoms with Gasteiger partial charge in [-0.3, -0.25) is 13.9 Å². The minimum Gasteiger partial charge on any atom is -0.493 e. The molecule has 8 heteroatoms. The third-order valence-corrected chi connectivity index (χ3v) is 4.83. The predicted octanol–water partition coefficient (Wildman–Crippen LogP) is 1.62. The Balaban J connectivity index is 1.80. The summed E-state index contributed by atoms with van der Waals surface area (Å²) in [5.74, 6) is 1.92. The summed E-state index contributed by atoms with van der Waals surface area (Å²) >= 11 is 0. The maximum atomic E-state index is 12.6. The molecule has 0 atom stereocenters. The molecule has 4 rings (SSSR count). The number of nitrogens with zero attached hydrogens (tertiary/aromatic N) is 5. The van der Waals surface area contributed by atoms with Crippen LogP contribution in [0.2, 0.25) is 0 Å². The van der Waals surface area contributed by atoms with Crippen LogP contribution in [0.15, 0.2) is 33.9 Å². The van der Waals surface area contributed by atoms with Crippen LogP contribution in [0.25, 0.3) is 11.2 Å². The van der Waals surface area contributed by atoms with E-state index in [1.807, 2.05) is 33.7 Å². The van der Waals surface area contributed by atoms with Gasteiger partial charge in [0, 0.05) is 38.9 Å². The summed E-state index contributed by atoms with van der Waals surface area (Å²) in [6.07, 6.45) is 0. The Kier molecular flexibility index (Phi) is 4.05. The van der Waals surface area contributed by atoms with Crippen molar-refractivity contribution in [3.63, 3.8) is 0 Å². The summed E-state index contributed by atoms with van der Waals surface area (Å²) in [5.41, 5.74) is 1.13. The second-order valence-electron chi connectivity index (χ2n) is 7.30. The molecule has 2 aromatic heterocycles. The highest BCUT2D eigenvalue weighted by molar-refractivity contribution is 5.77. The van der Waals surface area contributed by atoms with Crippen LogP contribution in [-0.2, 0) is 20.6 Å². The van der Waals surface area contributed by atoms with E-state index in [1.54, 1.807) is 7.05 Å². The maximum Gasteiger partial charge on any atom is 0.332 e. The largest absolute Gasteiger partial charge is 0.493 e.